The largest absolute Gasteiger partial charge is 0.394 e. The summed E-state index contributed by atoms with van der Waals surface area (Å²) < 4.78 is 5.09. The monoisotopic (exact) mass is 218 g/mol. The number of carbonyl (C=O) groups is 1. The summed E-state index contributed by atoms with van der Waals surface area (Å²) in [5.41, 5.74) is 9.97. The molecular weight excluding hydrogens is 204 g/mol. The number of amides is 2. The van der Waals surface area contributed by atoms with E-state index in [1.165, 1.54) is 0 Å². The highest BCUT2D eigenvalue weighted by molar-refractivity contribution is 5.90. The number of aliphatic hydroxyl groups excluding tert-OH is 2. The fourth-order valence-electron chi connectivity index (χ4n) is 1.27. The van der Waals surface area contributed by atoms with Gasteiger partial charge in [0.25, 0.3) is 0 Å². The van der Waals surface area contributed by atoms with Crippen molar-refractivity contribution in [2.45, 2.75) is 24.9 Å². The van der Waals surface area contributed by atoms with Gasteiger partial charge in [-0.15, -0.1) is 0 Å². The Morgan fingerprint density at radius 3 is 2.73 bits per heavy atom. The van der Waals surface area contributed by atoms with Crippen LogP contribution in [0.4, 0.5) is 4.79 Å². The zero-order chi connectivity index (χ0) is 11.4. The van der Waals surface area contributed by atoms with E-state index in [2.05, 4.69) is 10.3 Å². The first-order valence-electron chi connectivity index (χ1n) is 4.37. The van der Waals surface area contributed by atoms with E-state index >= 15 is 0 Å². The lowest BCUT2D eigenvalue weighted by Gasteiger charge is -2.11. The second kappa shape index (κ2) is 4.91. The number of hydrogen-bond acceptors (Lipinski definition) is 4. The molecule has 1 rings (SSSR count). The Balaban J connectivity index is 2.42. The minimum atomic E-state index is -0.806. The van der Waals surface area contributed by atoms with Crippen molar-refractivity contribution in [2.24, 2.45) is 16.5 Å². The Bertz CT molecular complexity index is 266. The van der Waals surface area contributed by atoms with E-state index in [-0.39, 0.29) is 19.0 Å². The lowest BCUT2D eigenvalue weighted by atomic mass is 10.2. The highest BCUT2D eigenvalue weighted by Crippen LogP contribution is 2.18. The molecule has 1 aliphatic heterocycles. The Kier molecular flexibility index (Phi) is 3.83. The fourth-order valence-corrected chi connectivity index (χ4v) is 1.27. The third kappa shape index (κ3) is 3.35. The smallest absolute Gasteiger partial charge is 0.346 e. The average molecular weight is 218 g/mol. The second-order valence-corrected chi connectivity index (χ2v) is 3.13. The van der Waals surface area contributed by atoms with Gasteiger partial charge >= 0.3 is 6.03 Å². The third-order valence-corrected chi connectivity index (χ3v) is 1.92. The van der Waals surface area contributed by atoms with Crippen molar-refractivity contribution in [3.05, 3.63) is 0 Å². The highest BCUT2D eigenvalue weighted by Gasteiger charge is 2.34. The predicted molar refractivity (Wildman–Crippen MR) is 50.7 cm³/mol. The van der Waals surface area contributed by atoms with Crippen LogP contribution in [0.2, 0.25) is 0 Å². The molecule has 0 aromatic heterocycles. The van der Waals surface area contributed by atoms with E-state index in [9.17, 15) is 9.90 Å². The van der Waals surface area contributed by atoms with Crippen molar-refractivity contribution >= 4 is 12.0 Å². The summed E-state index contributed by atoms with van der Waals surface area (Å²) in [4.78, 5) is 14.2. The molecule has 1 fully saturated rings. The first-order valence-corrected chi connectivity index (χ1v) is 4.37. The van der Waals surface area contributed by atoms with Crippen LogP contribution < -0.4 is 16.8 Å². The lowest BCUT2D eigenvalue weighted by molar-refractivity contribution is -0.0270. The second-order valence-electron chi connectivity index (χ2n) is 3.13. The van der Waals surface area contributed by atoms with Crippen molar-refractivity contribution in [3.63, 3.8) is 0 Å². The quantitative estimate of drug-likeness (QED) is 0.255. The van der Waals surface area contributed by atoms with Gasteiger partial charge in [-0.25, -0.2) is 4.79 Å². The molecule has 8 heteroatoms. The number of nitrogens with one attached hydrogen (secondary N) is 1. The van der Waals surface area contributed by atoms with Crippen LogP contribution in [0.15, 0.2) is 4.99 Å². The zero-order valence-electron chi connectivity index (χ0n) is 7.96. The average Bonchev–Trinajstić information content (AvgIpc) is 2.44. The van der Waals surface area contributed by atoms with Crippen molar-refractivity contribution in [1.29, 1.82) is 0 Å². The van der Waals surface area contributed by atoms with Gasteiger partial charge in [0.2, 0.25) is 0 Å². The Labute approximate surface area is 85.9 Å². The molecule has 0 aromatic carbocycles. The highest BCUT2D eigenvalue weighted by atomic mass is 16.5. The first-order chi connectivity index (χ1) is 7.02. The Morgan fingerprint density at radius 1 is 1.60 bits per heavy atom. The maximum atomic E-state index is 11.0. The van der Waals surface area contributed by atoms with Crippen LogP contribution in [0.1, 0.15) is 6.42 Å². The van der Waals surface area contributed by atoms with Crippen molar-refractivity contribution in [1.82, 2.24) is 5.32 Å². The normalized spacial score (nSPS) is 29.9. The van der Waals surface area contributed by atoms with Crippen molar-refractivity contribution in [2.75, 3.05) is 6.61 Å². The van der Waals surface area contributed by atoms with Gasteiger partial charge in [0.15, 0.2) is 5.96 Å². The molecule has 3 atom stereocenters. The third-order valence-electron chi connectivity index (χ3n) is 1.92. The fraction of sp³-hybridized carbons (Fsp3) is 0.714. The van der Waals surface area contributed by atoms with E-state index in [0.29, 0.717) is 0 Å². The molecule has 7 N–H and O–H groups in total. The molecule has 2 amide bonds. The van der Waals surface area contributed by atoms with Crippen molar-refractivity contribution in [3.8, 4) is 0 Å². The number of urea groups is 1. The Morgan fingerprint density at radius 2 is 2.27 bits per heavy atom. The molecule has 8 nitrogen and oxygen atoms in total. The summed E-state index contributed by atoms with van der Waals surface area (Å²) in [7, 11) is 0. The molecule has 0 saturated carbocycles. The summed E-state index contributed by atoms with van der Waals surface area (Å²) in [6, 6.07) is -0.745. The van der Waals surface area contributed by atoms with Gasteiger partial charge in [0.05, 0.1) is 12.7 Å². The number of carbonyl (C=O) groups excluding carboxylic acids is 1. The van der Waals surface area contributed by atoms with Gasteiger partial charge in [-0.3, -0.25) is 0 Å². The molecule has 15 heavy (non-hydrogen) atoms. The van der Waals surface area contributed by atoms with Crippen LogP contribution >= 0.6 is 0 Å². The minimum absolute atomic E-state index is 0.191. The SMILES string of the molecule is NC(N)=NC(=O)N[C@@H]1C[C@H](O)[C@@H](CO)O1. The molecular formula is C7H14N4O4. The number of ether oxygens (including phenoxy) is 1. The van der Waals surface area contributed by atoms with E-state index in [1.807, 2.05) is 0 Å². The van der Waals surface area contributed by atoms with Crippen LogP contribution in [0.5, 0.6) is 0 Å². The van der Waals surface area contributed by atoms with Crippen molar-refractivity contribution < 1.29 is 19.7 Å². The van der Waals surface area contributed by atoms with Gasteiger partial charge in [-0.1, -0.05) is 0 Å². The summed E-state index contributed by atoms with van der Waals surface area (Å²) in [5.74, 6) is -0.357. The van der Waals surface area contributed by atoms with Crippen LogP contribution in [0.25, 0.3) is 0 Å². The van der Waals surface area contributed by atoms with Crippen LogP contribution in [0.3, 0.4) is 0 Å². The summed E-state index contributed by atoms with van der Waals surface area (Å²) >= 11 is 0. The van der Waals surface area contributed by atoms with Crippen LogP contribution in [0, 0.1) is 0 Å². The summed E-state index contributed by atoms with van der Waals surface area (Å²) in [6.45, 7) is -0.310. The topological polar surface area (TPSA) is 143 Å². The summed E-state index contributed by atoms with van der Waals surface area (Å²) in [5, 5.41) is 20.4. The first kappa shape index (κ1) is 11.7. The number of nitrogens with two attached hydrogens (primary N) is 2. The maximum absolute atomic E-state index is 11.0. The lowest BCUT2D eigenvalue weighted by Crippen LogP contribution is -2.35. The minimum Gasteiger partial charge on any atom is -0.394 e. The van der Waals surface area contributed by atoms with E-state index < -0.39 is 24.5 Å². The van der Waals surface area contributed by atoms with E-state index in [4.69, 9.17) is 21.3 Å². The van der Waals surface area contributed by atoms with Gasteiger partial charge in [0, 0.05) is 6.42 Å². The van der Waals surface area contributed by atoms with Gasteiger partial charge in [-0.05, 0) is 0 Å². The number of guanidine groups is 1. The molecule has 1 saturated heterocycles. The van der Waals surface area contributed by atoms with Crippen LogP contribution in [-0.4, -0.2) is 47.2 Å². The molecule has 0 aliphatic carbocycles. The van der Waals surface area contributed by atoms with Gasteiger partial charge < -0.3 is 31.7 Å². The van der Waals surface area contributed by atoms with Crippen LogP contribution in [-0.2, 0) is 4.74 Å². The molecule has 0 unspecified atom stereocenters. The molecule has 0 radical (unpaired) electrons. The maximum Gasteiger partial charge on any atom is 0.346 e. The molecule has 0 bridgehead atoms. The predicted octanol–water partition coefficient (Wildman–Crippen LogP) is -2.56. The number of rotatable bonds is 2. The standard InChI is InChI=1S/C7H14N4O4/c8-6(9)11-7(14)10-5-1-3(13)4(2-12)15-5/h3-5,12-13H,1-2H2,(H5,8,9,10,11,14)/t3-,4+,5-/m0/s1. The van der Waals surface area contributed by atoms with Gasteiger partial charge in [-0.2, -0.15) is 4.99 Å². The van der Waals surface area contributed by atoms with Gasteiger partial charge in [0.1, 0.15) is 12.3 Å². The van der Waals surface area contributed by atoms with E-state index in [0.717, 1.165) is 0 Å². The molecule has 0 spiro atoms. The number of aliphatic hydroxyl groups is 2. The molecule has 1 heterocycles. The molecule has 86 valence electrons. The molecule has 0 aromatic rings. The number of hydrogen-bond donors (Lipinski definition) is 5. The Hall–Kier alpha value is -1.38. The number of nitrogens with zero attached hydrogens (tertiary/aromatic N) is 1. The zero-order valence-corrected chi connectivity index (χ0v) is 7.96. The van der Waals surface area contributed by atoms with E-state index in [1.54, 1.807) is 0 Å². The number of aliphatic imine (C=N–C) groups is 1. The summed E-state index contributed by atoms with van der Waals surface area (Å²) in [6.07, 6.45) is -1.99. The molecule has 1 aliphatic rings.